The van der Waals surface area contributed by atoms with Gasteiger partial charge in [0.25, 0.3) is 5.91 Å². The zero-order valence-electron chi connectivity index (χ0n) is 11.2. The predicted molar refractivity (Wildman–Crippen MR) is 76.3 cm³/mol. The van der Waals surface area contributed by atoms with E-state index in [0.717, 1.165) is 11.3 Å². The average Bonchev–Trinajstić information content (AvgIpc) is 3.08. The second-order valence-electron chi connectivity index (χ2n) is 4.05. The summed E-state index contributed by atoms with van der Waals surface area (Å²) in [5.74, 6) is -2.49. The number of rotatable bonds is 4. The Bertz CT molecular complexity index is 812. The molecule has 9 heteroatoms. The first-order valence-electron chi connectivity index (χ1n) is 5.82. The molecule has 8 nitrogen and oxygen atoms in total. The van der Waals surface area contributed by atoms with Crippen molar-refractivity contribution < 1.29 is 24.3 Å². The van der Waals surface area contributed by atoms with E-state index in [0.29, 0.717) is 0 Å². The number of nitrogens with zero attached hydrogens (tertiary/aromatic N) is 2. The van der Waals surface area contributed by atoms with Gasteiger partial charge >= 0.3 is 5.97 Å². The molecule has 2 aromatic heterocycles. The first kappa shape index (κ1) is 15.3. The van der Waals surface area contributed by atoms with Gasteiger partial charge in [-0.05, 0) is 18.4 Å². The summed E-state index contributed by atoms with van der Waals surface area (Å²) in [6.07, 6.45) is 1.17. The lowest BCUT2D eigenvalue weighted by atomic mass is 10.1. The van der Waals surface area contributed by atoms with Crippen molar-refractivity contribution in [1.82, 2.24) is 5.16 Å². The summed E-state index contributed by atoms with van der Waals surface area (Å²) < 4.78 is 4.76. The van der Waals surface area contributed by atoms with Gasteiger partial charge in [0.15, 0.2) is 11.3 Å². The van der Waals surface area contributed by atoms with E-state index < -0.39 is 23.2 Å². The van der Waals surface area contributed by atoms with E-state index in [4.69, 9.17) is 14.9 Å². The van der Waals surface area contributed by atoms with Crippen LogP contribution < -0.4 is 5.32 Å². The summed E-state index contributed by atoms with van der Waals surface area (Å²) in [5, 5.41) is 35.3. The topological polar surface area (TPSA) is 136 Å². The molecule has 0 fully saturated rings. The van der Waals surface area contributed by atoms with Crippen LogP contribution in [-0.2, 0) is 4.79 Å². The molecule has 0 aliphatic carbocycles. The molecule has 0 saturated carbocycles. The van der Waals surface area contributed by atoms with Crippen LogP contribution in [0.15, 0.2) is 27.7 Å². The van der Waals surface area contributed by atoms with Gasteiger partial charge in [-0.25, -0.2) is 4.79 Å². The summed E-state index contributed by atoms with van der Waals surface area (Å²) >= 11 is 0.927. The van der Waals surface area contributed by atoms with E-state index in [1.165, 1.54) is 24.6 Å². The zero-order chi connectivity index (χ0) is 16.3. The van der Waals surface area contributed by atoms with Crippen LogP contribution in [0.4, 0.5) is 5.69 Å². The van der Waals surface area contributed by atoms with Gasteiger partial charge in [0.1, 0.15) is 16.7 Å². The highest BCUT2D eigenvalue weighted by atomic mass is 32.1. The van der Waals surface area contributed by atoms with Crippen molar-refractivity contribution in [3.05, 3.63) is 39.4 Å². The summed E-state index contributed by atoms with van der Waals surface area (Å²) in [6, 6.07) is 2.97. The van der Waals surface area contributed by atoms with Gasteiger partial charge in [0, 0.05) is 0 Å². The van der Waals surface area contributed by atoms with Crippen LogP contribution in [0, 0.1) is 18.3 Å². The molecule has 0 aliphatic rings. The Labute approximate surface area is 127 Å². The summed E-state index contributed by atoms with van der Waals surface area (Å²) in [7, 11) is 0. The van der Waals surface area contributed by atoms with Crippen LogP contribution in [-0.4, -0.2) is 27.2 Å². The van der Waals surface area contributed by atoms with Crippen LogP contribution in [0.3, 0.4) is 0 Å². The van der Waals surface area contributed by atoms with E-state index in [1.54, 1.807) is 6.07 Å². The number of aryl methyl sites for hydroxylation is 1. The number of carbonyl (C=O) groups excluding carboxylic acids is 1. The Hall–Kier alpha value is -3.12. The molecule has 0 radical (unpaired) electrons. The standard InChI is InChI=1S/C13H9N3O5S/c1-6-8(5-15-21-6)10(17)7(4-14)12(18)16-9-2-3-22-11(9)13(19)20/h2-3,5,17H,1H3,(H,16,18)(H,19,20)/b10-7-. The minimum Gasteiger partial charge on any atom is -0.506 e. The first-order valence-corrected chi connectivity index (χ1v) is 6.70. The molecule has 0 bridgehead atoms. The molecule has 3 N–H and O–H groups in total. The van der Waals surface area contributed by atoms with Crippen molar-refractivity contribution in [2.24, 2.45) is 0 Å². The van der Waals surface area contributed by atoms with Crippen molar-refractivity contribution in [3.8, 4) is 6.07 Å². The average molecular weight is 319 g/mol. The van der Waals surface area contributed by atoms with Gasteiger partial charge in [0.2, 0.25) is 0 Å². The number of hydrogen-bond donors (Lipinski definition) is 3. The molecule has 0 atom stereocenters. The van der Waals surface area contributed by atoms with E-state index in [1.807, 2.05) is 0 Å². The Kier molecular flexibility index (Phi) is 4.24. The number of thiophene rings is 1. The molecule has 2 heterocycles. The van der Waals surface area contributed by atoms with Gasteiger partial charge in [-0.15, -0.1) is 11.3 Å². The number of aromatic nitrogens is 1. The number of amides is 1. The van der Waals surface area contributed by atoms with E-state index in [2.05, 4.69) is 10.5 Å². The van der Waals surface area contributed by atoms with Crippen molar-refractivity contribution in [2.45, 2.75) is 6.92 Å². The third kappa shape index (κ3) is 2.82. The number of carboxylic acids is 1. The van der Waals surface area contributed by atoms with Crippen molar-refractivity contribution in [3.63, 3.8) is 0 Å². The van der Waals surface area contributed by atoms with Gasteiger partial charge in [-0.3, -0.25) is 4.79 Å². The fraction of sp³-hybridized carbons (Fsp3) is 0.0769. The first-order chi connectivity index (χ1) is 10.5. The minimum absolute atomic E-state index is 0.0464. The number of anilines is 1. The molecule has 0 aromatic carbocycles. The number of aliphatic hydroxyl groups excluding tert-OH is 1. The molecule has 0 aliphatic heterocycles. The lowest BCUT2D eigenvalue weighted by Gasteiger charge is -2.05. The third-order valence-electron chi connectivity index (χ3n) is 2.69. The summed E-state index contributed by atoms with van der Waals surface area (Å²) in [6.45, 7) is 1.51. The van der Waals surface area contributed by atoms with E-state index >= 15 is 0 Å². The Balaban J connectivity index is 2.35. The monoisotopic (exact) mass is 319 g/mol. The maximum absolute atomic E-state index is 12.1. The molecule has 0 spiro atoms. The number of aromatic carboxylic acids is 1. The largest absolute Gasteiger partial charge is 0.506 e. The quantitative estimate of drug-likeness (QED) is 0.446. The number of nitrogens with one attached hydrogen (secondary N) is 1. The number of carbonyl (C=O) groups is 2. The number of aliphatic hydroxyl groups is 1. The third-order valence-corrected chi connectivity index (χ3v) is 3.59. The maximum atomic E-state index is 12.1. The Morgan fingerprint density at radius 1 is 1.45 bits per heavy atom. The van der Waals surface area contributed by atoms with Crippen molar-refractivity contribution in [1.29, 1.82) is 5.26 Å². The molecule has 1 amide bonds. The lowest BCUT2D eigenvalue weighted by molar-refractivity contribution is -0.112. The molecule has 22 heavy (non-hydrogen) atoms. The van der Waals surface area contributed by atoms with Crippen molar-refractivity contribution in [2.75, 3.05) is 5.32 Å². The molecule has 2 rings (SSSR count). The SMILES string of the molecule is Cc1oncc1/C(O)=C(\C#N)C(=O)Nc1ccsc1C(=O)O. The predicted octanol–water partition coefficient (Wildman–Crippen LogP) is 2.17. The lowest BCUT2D eigenvalue weighted by Crippen LogP contribution is -2.16. The normalized spacial score (nSPS) is 11.5. The van der Waals surface area contributed by atoms with Crippen LogP contribution in [0.1, 0.15) is 21.0 Å². The van der Waals surface area contributed by atoms with Crippen LogP contribution in [0.5, 0.6) is 0 Å². The minimum atomic E-state index is -1.20. The highest BCUT2D eigenvalue weighted by molar-refractivity contribution is 7.12. The van der Waals surface area contributed by atoms with Crippen LogP contribution in [0.2, 0.25) is 0 Å². The van der Waals surface area contributed by atoms with Crippen LogP contribution in [0.25, 0.3) is 5.76 Å². The summed E-state index contributed by atoms with van der Waals surface area (Å²) in [4.78, 5) is 23.0. The second-order valence-corrected chi connectivity index (χ2v) is 4.97. The fourth-order valence-electron chi connectivity index (χ4n) is 1.63. The highest BCUT2D eigenvalue weighted by Gasteiger charge is 2.22. The number of carboxylic acid groups (broad SMARTS) is 1. The van der Waals surface area contributed by atoms with Gasteiger partial charge < -0.3 is 20.1 Å². The van der Waals surface area contributed by atoms with Crippen molar-refractivity contribution >= 4 is 34.7 Å². The zero-order valence-corrected chi connectivity index (χ0v) is 12.0. The molecular formula is C13H9N3O5S. The fourth-order valence-corrected chi connectivity index (χ4v) is 2.32. The second kappa shape index (κ2) is 6.11. The highest BCUT2D eigenvalue weighted by Crippen LogP contribution is 2.24. The number of nitriles is 1. The molecule has 2 aromatic rings. The van der Waals surface area contributed by atoms with Gasteiger partial charge in [-0.2, -0.15) is 5.26 Å². The molecule has 0 unspecified atom stereocenters. The molecular weight excluding hydrogens is 310 g/mol. The Morgan fingerprint density at radius 3 is 2.73 bits per heavy atom. The van der Waals surface area contributed by atoms with Crippen LogP contribution >= 0.6 is 11.3 Å². The number of hydrogen-bond acceptors (Lipinski definition) is 7. The smallest absolute Gasteiger partial charge is 0.348 e. The van der Waals surface area contributed by atoms with E-state index in [-0.39, 0.29) is 21.9 Å². The van der Waals surface area contributed by atoms with Gasteiger partial charge in [0.05, 0.1) is 17.4 Å². The Morgan fingerprint density at radius 2 is 2.18 bits per heavy atom. The molecule has 0 saturated heterocycles. The van der Waals surface area contributed by atoms with Gasteiger partial charge in [-0.1, -0.05) is 5.16 Å². The summed E-state index contributed by atoms with van der Waals surface area (Å²) in [5.41, 5.74) is -0.422. The molecule has 112 valence electrons. The maximum Gasteiger partial charge on any atom is 0.348 e. The van der Waals surface area contributed by atoms with E-state index in [9.17, 15) is 14.7 Å².